The second-order valence-corrected chi connectivity index (χ2v) is 4.64. The van der Waals surface area contributed by atoms with Crippen molar-refractivity contribution in [2.45, 2.75) is 38.7 Å². The molecule has 0 unspecified atom stereocenters. The number of benzene rings is 1. The monoisotopic (exact) mass is 248 g/mol. The summed E-state index contributed by atoms with van der Waals surface area (Å²) in [4.78, 5) is 22.6. The van der Waals surface area contributed by atoms with Crippen LogP contribution in [0.1, 0.15) is 42.1 Å². The van der Waals surface area contributed by atoms with Crippen LogP contribution in [-0.4, -0.2) is 23.0 Å². The van der Waals surface area contributed by atoms with E-state index < -0.39 is 5.97 Å². The van der Waals surface area contributed by atoms with E-state index in [1.165, 1.54) is 6.07 Å². The molecule has 0 saturated heterocycles. The van der Waals surface area contributed by atoms with Gasteiger partial charge < -0.3 is 14.6 Å². The summed E-state index contributed by atoms with van der Waals surface area (Å²) in [6, 6.07) is 5.03. The van der Waals surface area contributed by atoms with Crippen LogP contribution >= 0.6 is 0 Å². The van der Waals surface area contributed by atoms with E-state index in [2.05, 4.69) is 0 Å². The van der Waals surface area contributed by atoms with Gasteiger partial charge in [0.05, 0.1) is 0 Å². The number of carbonyl (C=O) groups is 2. The van der Waals surface area contributed by atoms with Gasteiger partial charge in [0, 0.05) is 12.8 Å². The highest BCUT2D eigenvalue weighted by molar-refractivity contribution is 5.95. The van der Waals surface area contributed by atoms with Crippen LogP contribution in [0.25, 0.3) is 0 Å². The summed E-state index contributed by atoms with van der Waals surface area (Å²) in [5.74, 6) is -0.350. The number of cyclic esters (lactones) is 1. The maximum atomic E-state index is 11.8. The summed E-state index contributed by atoms with van der Waals surface area (Å²) in [6.45, 7) is 1.56. The van der Waals surface area contributed by atoms with Gasteiger partial charge in [-0.3, -0.25) is 0 Å². The van der Waals surface area contributed by atoms with Crippen LogP contribution in [0.5, 0.6) is 5.75 Å². The average Bonchev–Trinajstić information content (AvgIpc) is 2.28. The number of hydrogen-bond donors (Lipinski definition) is 1. The zero-order valence-electron chi connectivity index (χ0n) is 10.3. The van der Waals surface area contributed by atoms with Crippen LogP contribution in [0.4, 0.5) is 0 Å². The second kappa shape index (κ2) is 5.21. The number of esters is 1. The molecule has 0 spiro atoms. The molecule has 1 aromatic carbocycles. The van der Waals surface area contributed by atoms with E-state index in [4.69, 9.17) is 4.74 Å². The van der Waals surface area contributed by atoms with E-state index in [-0.39, 0.29) is 23.2 Å². The molecule has 2 rings (SSSR count). The first-order chi connectivity index (χ1) is 8.58. The molecule has 0 amide bonds. The Labute approximate surface area is 106 Å². The van der Waals surface area contributed by atoms with Crippen LogP contribution in [0.15, 0.2) is 18.2 Å². The SMILES string of the molecule is CC(=O)CCC[C@H]1Cc2cccc(O)c2C(=O)O1. The summed E-state index contributed by atoms with van der Waals surface area (Å²) in [6.07, 6.45) is 2.34. The van der Waals surface area contributed by atoms with Crippen LogP contribution < -0.4 is 0 Å². The Hall–Kier alpha value is -1.84. The number of aromatic hydroxyl groups is 1. The summed E-state index contributed by atoms with van der Waals surface area (Å²) in [7, 11) is 0. The molecule has 1 atom stereocenters. The fourth-order valence-corrected chi connectivity index (χ4v) is 2.23. The van der Waals surface area contributed by atoms with Gasteiger partial charge in [-0.25, -0.2) is 4.79 Å². The van der Waals surface area contributed by atoms with Crippen molar-refractivity contribution in [1.29, 1.82) is 0 Å². The normalized spacial score (nSPS) is 18.1. The van der Waals surface area contributed by atoms with Gasteiger partial charge >= 0.3 is 5.97 Å². The van der Waals surface area contributed by atoms with Crippen molar-refractivity contribution >= 4 is 11.8 Å². The first-order valence-electron chi connectivity index (χ1n) is 6.09. The summed E-state index contributed by atoms with van der Waals surface area (Å²) in [5, 5.41) is 9.62. The zero-order chi connectivity index (χ0) is 13.1. The fraction of sp³-hybridized carbons (Fsp3) is 0.429. The maximum Gasteiger partial charge on any atom is 0.342 e. The third-order valence-corrected chi connectivity index (χ3v) is 3.11. The Balaban J connectivity index is 2.04. The topological polar surface area (TPSA) is 63.6 Å². The second-order valence-electron chi connectivity index (χ2n) is 4.64. The van der Waals surface area contributed by atoms with E-state index >= 15 is 0 Å². The highest BCUT2D eigenvalue weighted by Crippen LogP contribution is 2.29. The van der Waals surface area contributed by atoms with Gasteiger partial charge in [0.1, 0.15) is 23.2 Å². The summed E-state index contributed by atoms with van der Waals surface area (Å²) in [5.41, 5.74) is 1.10. The number of Topliss-reactive ketones (excluding diaryl/α,β-unsaturated/α-hetero) is 1. The highest BCUT2D eigenvalue weighted by atomic mass is 16.5. The first-order valence-corrected chi connectivity index (χ1v) is 6.09. The Morgan fingerprint density at radius 3 is 3.00 bits per heavy atom. The van der Waals surface area contributed by atoms with E-state index in [9.17, 15) is 14.7 Å². The summed E-state index contributed by atoms with van der Waals surface area (Å²) < 4.78 is 5.27. The van der Waals surface area contributed by atoms with Crippen molar-refractivity contribution in [3.05, 3.63) is 29.3 Å². The number of phenols is 1. The predicted octanol–water partition coefficient (Wildman–Crippen LogP) is 2.23. The average molecular weight is 248 g/mol. The lowest BCUT2D eigenvalue weighted by Crippen LogP contribution is -2.27. The van der Waals surface area contributed by atoms with Gasteiger partial charge in [-0.15, -0.1) is 0 Å². The quantitative estimate of drug-likeness (QED) is 0.830. The van der Waals surface area contributed by atoms with E-state index in [0.29, 0.717) is 19.3 Å². The van der Waals surface area contributed by atoms with Crippen molar-refractivity contribution < 1.29 is 19.4 Å². The Morgan fingerprint density at radius 2 is 2.28 bits per heavy atom. The van der Waals surface area contributed by atoms with Gasteiger partial charge in [0.25, 0.3) is 0 Å². The van der Waals surface area contributed by atoms with Crippen LogP contribution in [-0.2, 0) is 16.0 Å². The molecule has 1 aromatic rings. The number of hydrogen-bond acceptors (Lipinski definition) is 4. The van der Waals surface area contributed by atoms with Crippen molar-refractivity contribution in [3.63, 3.8) is 0 Å². The Bertz CT molecular complexity index is 479. The minimum atomic E-state index is -0.470. The van der Waals surface area contributed by atoms with Gasteiger partial charge in [-0.05, 0) is 31.4 Å². The molecule has 4 nitrogen and oxygen atoms in total. The Morgan fingerprint density at radius 1 is 1.50 bits per heavy atom. The maximum absolute atomic E-state index is 11.8. The predicted molar refractivity (Wildman–Crippen MR) is 65.5 cm³/mol. The minimum absolute atomic E-state index is 0.0281. The van der Waals surface area contributed by atoms with Crippen molar-refractivity contribution in [2.24, 2.45) is 0 Å². The molecule has 4 heteroatoms. The molecular weight excluding hydrogens is 232 g/mol. The lowest BCUT2D eigenvalue weighted by Gasteiger charge is -2.24. The summed E-state index contributed by atoms with van der Waals surface area (Å²) >= 11 is 0. The van der Waals surface area contributed by atoms with Crippen molar-refractivity contribution in [3.8, 4) is 5.75 Å². The molecule has 1 heterocycles. The standard InChI is InChI=1S/C14H16O4/c1-9(15)4-2-6-11-8-10-5-3-7-12(16)13(10)14(17)18-11/h3,5,7,11,16H,2,4,6,8H2,1H3/t11-/m0/s1. The molecule has 18 heavy (non-hydrogen) atoms. The lowest BCUT2D eigenvalue weighted by atomic mass is 9.95. The smallest absolute Gasteiger partial charge is 0.342 e. The fourth-order valence-electron chi connectivity index (χ4n) is 2.23. The molecule has 1 N–H and O–H groups in total. The first kappa shape index (κ1) is 12.6. The number of carbonyl (C=O) groups excluding carboxylic acids is 2. The van der Waals surface area contributed by atoms with Gasteiger partial charge in [0.15, 0.2) is 0 Å². The molecule has 96 valence electrons. The minimum Gasteiger partial charge on any atom is -0.507 e. The lowest BCUT2D eigenvalue weighted by molar-refractivity contribution is -0.117. The number of phenolic OH excluding ortho intramolecular Hbond substituents is 1. The van der Waals surface area contributed by atoms with Crippen LogP contribution in [0.2, 0.25) is 0 Å². The van der Waals surface area contributed by atoms with E-state index in [0.717, 1.165) is 12.0 Å². The molecule has 0 bridgehead atoms. The molecule has 1 aliphatic heterocycles. The molecule has 0 aromatic heterocycles. The molecule has 0 fully saturated rings. The molecule has 0 saturated carbocycles. The highest BCUT2D eigenvalue weighted by Gasteiger charge is 2.28. The largest absolute Gasteiger partial charge is 0.507 e. The van der Waals surface area contributed by atoms with Gasteiger partial charge in [0.2, 0.25) is 0 Å². The number of ether oxygens (including phenoxy) is 1. The van der Waals surface area contributed by atoms with Crippen LogP contribution in [0.3, 0.4) is 0 Å². The molecule has 1 aliphatic rings. The van der Waals surface area contributed by atoms with Gasteiger partial charge in [-0.1, -0.05) is 12.1 Å². The van der Waals surface area contributed by atoms with Crippen LogP contribution in [0, 0.1) is 0 Å². The molecule has 0 radical (unpaired) electrons. The molecule has 0 aliphatic carbocycles. The van der Waals surface area contributed by atoms with E-state index in [1.807, 2.05) is 6.07 Å². The van der Waals surface area contributed by atoms with Gasteiger partial charge in [-0.2, -0.15) is 0 Å². The number of rotatable bonds is 4. The number of fused-ring (bicyclic) bond motifs is 1. The molecular formula is C14H16O4. The van der Waals surface area contributed by atoms with Crippen molar-refractivity contribution in [1.82, 2.24) is 0 Å². The Kier molecular flexibility index (Phi) is 3.65. The van der Waals surface area contributed by atoms with Crippen molar-refractivity contribution in [2.75, 3.05) is 0 Å². The third-order valence-electron chi connectivity index (χ3n) is 3.11. The third kappa shape index (κ3) is 2.70. The van der Waals surface area contributed by atoms with E-state index in [1.54, 1.807) is 13.0 Å². The number of ketones is 1. The zero-order valence-corrected chi connectivity index (χ0v) is 10.3.